The summed E-state index contributed by atoms with van der Waals surface area (Å²) in [5.74, 6) is 1.41. The zero-order chi connectivity index (χ0) is 12.2. The van der Waals surface area contributed by atoms with Gasteiger partial charge >= 0.3 is 0 Å². The van der Waals surface area contributed by atoms with Gasteiger partial charge < -0.3 is 4.74 Å². The maximum Gasteiger partial charge on any atom is 0.281 e. The number of hydrogen-bond acceptors (Lipinski definition) is 1. The molecule has 0 aliphatic heterocycles. The van der Waals surface area contributed by atoms with Crippen molar-refractivity contribution in [3.63, 3.8) is 0 Å². The van der Waals surface area contributed by atoms with Crippen LogP contribution in [0.4, 0.5) is 0 Å². The zero-order valence-corrected chi connectivity index (χ0v) is 12.5. The third-order valence-electron chi connectivity index (χ3n) is 2.81. The summed E-state index contributed by atoms with van der Waals surface area (Å²) in [6.45, 7) is 2.04. The van der Waals surface area contributed by atoms with Crippen molar-refractivity contribution in [1.82, 2.24) is 0 Å². The van der Waals surface area contributed by atoms with Crippen molar-refractivity contribution < 1.29 is 4.74 Å². The van der Waals surface area contributed by atoms with E-state index in [-0.39, 0.29) is 0 Å². The molecule has 1 rings (SSSR count). The Hall–Kier alpha value is -0.183. The molecule has 0 fully saturated rings. The van der Waals surface area contributed by atoms with Gasteiger partial charge in [-0.2, -0.15) is 0 Å². The minimum Gasteiger partial charge on any atom is -0.497 e. The van der Waals surface area contributed by atoms with Crippen molar-refractivity contribution in [3.05, 3.63) is 24.3 Å². The molecule has 0 radical (unpaired) electrons. The fourth-order valence-electron chi connectivity index (χ4n) is 1.53. The van der Waals surface area contributed by atoms with E-state index in [0.29, 0.717) is 5.92 Å². The summed E-state index contributed by atoms with van der Waals surface area (Å²) in [5, 5.41) is 1.07. The van der Waals surface area contributed by atoms with E-state index in [1.807, 2.05) is 24.3 Å². The summed E-state index contributed by atoms with van der Waals surface area (Å²) < 4.78 is 5.11. The lowest BCUT2D eigenvalue weighted by Gasteiger charge is -2.20. The summed E-state index contributed by atoms with van der Waals surface area (Å²) in [5.41, 5.74) is 0. The molecule has 0 N–H and O–H groups in total. The first-order chi connectivity index (χ1) is 7.49. The quantitative estimate of drug-likeness (QED) is 0.586. The Morgan fingerprint density at radius 2 is 1.81 bits per heavy atom. The molecule has 0 saturated heterocycles. The number of rotatable bonds is 5. The number of benzene rings is 1. The average Bonchev–Trinajstić information content (AvgIpc) is 2.28. The summed E-state index contributed by atoms with van der Waals surface area (Å²) >= 11 is 13.0. The molecule has 0 amide bonds. The van der Waals surface area contributed by atoms with Crippen LogP contribution in [0.15, 0.2) is 24.3 Å². The molecule has 4 heteroatoms. The second kappa shape index (κ2) is 5.94. The highest BCUT2D eigenvalue weighted by Crippen LogP contribution is 2.27. The predicted molar refractivity (Wildman–Crippen MR) is 74.4 cm³/mol. The van der Waals surface area contributed by atoms with E-state index in [2.05, 4.69) is 13.8 Å². The lowest BCUT2D eigenvalue weighted by Crippen LogP contribution is -2.37. The SMILES string of the molecule is CC[C@H](C)C[Si](Cl)(Cl)c1ccc(OC)cc1. The van der Waals surface area contributed by atoms with Crippen LogP contribution in [0.2, 0.25) is 6.04 Å². The highest BCUT2D eigenvalue weighted by molar-refractivity contribution is 7.51. The minimum atomic E-state index is -2.31. The highest BCUT2D eigenvalue weighted by Gasteiger charge is 2.32. The fourth-order valence-corrected chi connectivity index (χ4v) is 5.93. The smallest absolute Gasteiger partial charge is 0.281 e. The van der Waals surface area contributed by atoms with Crippen molar-refractivity contribution in [2.75, 3.05) is 7.11 Å². The highest BCUT2D eigenvalue weighted by atomic mass is 35.7. The maximum atomic E-state index is 6.49. The van der Waals surface area contributed by atoms with Gasteiger partial charge in [-0.1, -0.05) is 32.4 Å². The molecular formula is C12H18Cl2OSi. The van der Waals surface area contributed by atoms with Gasteiger partial charge in [0.2, 0.25) is 0 Å². The van der Waals surface area contributed by atoms with Gasteiger partial charge in [-0.25, -0.2) is 0 Å². The van der Waals surface area contributed by atoms with Crippen LogP contribution in [0.3, 0.4) is 0 Å². The van der Waals surface area contributed by atoms with Crippen LogP contribution >= 0.6 is 22.2 Å². The van der Waals surface area contributed by atoms with E-state index in [1.165, 1.54) is 0 Å². The average molecular weight is 277 g/mol. The Labute approximate surface area is 108 Å². The van der Waals surface area contributed by atoms with Crippen LogP contribution < -0.4 is 9.92 Å². The first kappa shape index (κ1) is 13.9. The topological polar surface area (TPSA) is 9.23 Å². The molecule has 0 aliphatic rings. The van der Waals surface area contributed by atoms with Gasteiger partial charge in [-0.15, -0.1) is 22.2 Å². The van der Waals surface area contributed by atoms with E-state index in [9.17, 15) is 0 Å². The number of methoxy groups -OCH3 is 1. The Bertz CT molecular complexity index is 324. The molecule has 1 aromatic rings. The van der Waals surface area contributed by atoms with Crippen LogP contribution in [0.25, 0.3) is 0 Å². The lowest BCUT2D eigenvalue weighted by molar-refractivity contribution is 0.415. The number of ether oxygens (including phenoxy) is 1. The third kappa shape index (κ3) is 3.69. The maximum absolute atomic E-state index is 6.49. The molecule has 0 aromatic heterocycles. The van der Waals surface area contributed by atoms with Gasteiger partial charge in [0.25, 0.3) is 6.69 Å². The van der Waals surface area contributed by atoms with Crippen molar-refractivity contribution in [2.45, 2.75) is 26.3 Å². The summed E-state index contributed by atoms with van der Waals surface area (Å²) in [6.07, 6.45) is 1.12. The predicted octanol–water partition coefficient (Wildman–Crippen LogP) is 3.87. The standard InChI is InChI=1S/C12H18Cl2OSi/c1-4-10(2)9-16(13,14)12-7-5-11(15-3)6-8-12/h5-8,10H,4,9H2,1-3H3/t10-/m0/s1. The van der Waals surface area contributed by atoms with Gasteiger partial charge in [-0.05, 0) is 29.3 Å². The van der Waals surface area contributed by atoms with E-state index in [0.717, 1.165) is 23.4 Å². The van der Waals surface area contributed by atoms with E-state index >= 15 is 0 Å². The molecule has 16 heavy (non-hydrogen) atoms. The first-order valence-corrected chi connectivity index (χ1v) is 9.75. The molecule has 1 aromatic carbocycles. The van der Waals surface area contributed by atoms with Crippen molar-refractivity contribution in [1.29, 1.82) is 0 Å². The summed E-state index contributed by atoms with van der Waals surface area (Å²) in [6, 6.07) is 8.69. The van der Waals surface area contributed by atoms with Gasteiger partial charge in [0.1, 0.15) is 5.75 Å². The molecule has 0 unspecified atom stereocenters. The van der Waals surface area contributed by atoms with Gasteiger partial charge in [-0.3, -0.25) is 0 Å². The van der Waals surface area contributed by atoms with Crippen molar-refractivity contribution >= 4 is 34.0 Å². The molecule has 1 nitrogen and oxygen atoms in total. The van der Waals surface area contributed by atoms with E-state index < -0.39 is 6.69 Å². The third-order valence-corrected chi connectivity index (χ3v) is 7.44. The molecule has 0 saturated carbocycles. The summed E-state index contributed by atoms with van der Waals surface area (Å²) in [4.78, 5) is 0. The van der Waals surface area contributed by atoms with Crippen molar-refractivity contribution in [2.24, 2.45) is 5.92 Å². The van der Waals surface area contributed by atoms with E-state index in [1.54, 1.807) is 7.11 Å². The molecule has 90 valence electrons. The minimum absolute atomic E-state index is 0.573. The Kier molecular flexibility index (Phi) is 5.16. The second-order valence-corrected chi connectivity index (χ2v) is 11.0. The van der Waals surface area contributed by atoms with Gasteiger partial charge in [0, 0.05) is 0 Å². The van der Waals surface area contributed by atoms with Crippen LogP contribution in [0, 0.1) is 5.92 Å². The Balaban J connectivity index is 2.80. The molecular weight excluding hydrogens is 259 g/mol. The molecule has 0 spiro atoms. The number of hydrogen-bond donors (Lipinski definition) is 0. The lowest BCUT2D eigenvalue weighted by atomic mass is 10.2. The molecule has 0 heterocycles. The van der Waals surface area contributed by atoms with Crippen LogP contribution in [0.5, 0.6) is 5.75 Å². The van der Waals surface area contributed by atoms with Crippen LogP contribution in [0.1, 0.15) is 20.3 Å². The second-order valence-electron chi connectivity index (χ2n) is 4.15. The Morgan fingerprint density at radius 3 is 2.25 bits per heavy atom. The number of halogens is 2. The normalized spacial score (nSPS) is 13.6. The molecule has 0 aliphatic carbocycles. The Morgan fingerprint density at radius 1 is 1.25 bits per heavy atom. The first-order valence-electron chi connectivity index (χ1n) is 5.52. The van der Waals surface area contributed by atoms with Crippen molar-refractivity contribution in [3.8, 4) is 5.75 Å². The van der Waals surface area contributed by atoms with Gasteiger partial charge in [0.15, 0.2) is 0 Å². The molecule has 0 bridgehead atoms. The van der Waals surface area contributed by atoms with Crippen LogP contribution in [-0.2, 0) is 0 Å². The monoisotopic (exact) mass is 276 g/mol. The fraction of sp³-hybridized carbons (Fsp3) is 0.500. The summed E-state index contributed by atoms with van der Waals surface area (Å²) in [7, 11) is 1.65. The largest absolute Gasteiger partial charge is 0.497 e. The van der Waals surface area contributed by atoms with E-state index in [4.69, 9.17) is 26.9 Å². The van der Waals surface area contributed by atoms with Gasteiger partial charge in [0.05, 0.1) is 7.11 Å². The molecule has 1 atom stereocenters. The van der Waals surface area contributed by atoms with Crippen LogP contribution in [-0.4, -0.2) is 13.8 Å². The zero-order valence-electron chi connectivity index (χ0n) is 9.97.